The van der Waals surface area contributed by atoms with Crippen molar-refractivity contribution in [3.8, 4) is 0 Å². The summed E-state index contributed by atoms with van der Waals surface area (Å²) in [6.45, 7) is 2.03. The smallest absolute Gasteiger partial charge is 0.0158 e. The van der Waals surface area contributed by atoms with E-state index >= 15 is 0 Å². The van der Waals surface area contributed by atoms with Gasteiger partial charge in [-0.25, -0.2) is 0 Å². The van der Waals surface area contributed by atoms with Gasteiger partial charge in [0.15, 0.2) is 0 Å². The maximum Gasteiger partial charge on any atom is 0.0158 e. The summed E-state index contributed by atoms with van der Waals surface area (Å²) in [5, 5.41) is 3.45. The van der Waals surface area contributed by atoms with Crippen LogP contribution in [0.15, 0.2) is 0 Å². The third-order valence-corrected chi connectivity index (χ3v) is 2.91. The highest BCUT2D eigenvalue weighted by Crippen LogP contribution is 2.10. The maximum absolute atomic E-state index is 5.37. The molecule has 0 aromatic carbocycles. The molecule has 3 N–H and O–H groups in total. The minimum Gasteiger partial charge on any atom is -0.330 e. The Hall–Kier alpha value is 0.270. The molecule has 10 heavy (non-hydrogen) atoms. The highest BCUT2D eigenvalue weighted by molar-refractivity contribution is 7.99. The van der Waals surface area contributed by atoms with Gasteiger partial charge in [-0.2, -0.15) is 11.8 Å². The highest BCUT2D eigenvalue weighted by atomic mass is 32.2. The van der Waals surface area contributed by atoms with Gasteiger partial charge in [0.1, 0.15) is 0 Å². The van der Waals surface area contributed by atoms with Crippen molar-refractivity contribution < 1.29 is 0 Å². The van der Waals surface area contributed by atoms with E-state index in [0.29, 0.717) is 0 Å². The van der Waals surface area contributed by atoms with Crippen molar-refractivity contribution >= 4 is 11.8 Å². The molecule has 1 unspecified atom stereocenters. The molecule has 1 aliphatic heterocycles. The summed E-state index contributed by atoms with van der Waals surface area (Å²) in [5.74, 6) is 2.36. The fraction of sp³-hybridized carbons (Fsp3) is 1.00. The van der Waals surface area contributed by atoms with Gasteiger partial charge in [-0.15, -0.1) is 0 Å². The molecule has 1 aliphatic rings. The fourth-order valence-corrected chi connectivity index (χ4v) is 2.11. The number of thioether (sulfide) groups is 1. The summed E-state index contributed by atoms with van der Waals surface area (Å²) >= 11 is 1.96. The van der Waals surface area contributed by atoms with Crippen molar-refractivity contribution in [2.24, 2.45) is 5.73 Å². The van der Waals surface area contributed by atoms with Gasteiger partial charge in [0.05, 0.1) is 0 Å². The number of hydrogen-bond acceptors (Lipinski definition) is 3. The first-order valence-corrected chi connectivity index (χ1v) is 5.10. The van der Waals surface area contributed by atoms with Gasteiger partial charge < -0.3 is 11.1 Å². The van der Waals surface area contributed by atoms with Crippen molar-refractivity contribution in [3.63, 3.8) is 0 Å². The minimum atomic E-state index is 0.775. The van der Waals surface area contributed by atoms with Crippen LogP contribution in [0.3, 0.4) is 0 Å². The summed E-state index contributed by atoms with van der Waals surface area (Å²) in [5.41, 5.74) is 5.37. The molecular weight excluding hydrogens is 144 g/mol. The van der Waals surface area contributed by atoms with E-state index < -0.39 is 0 Å². The lowest BCUT2D eigenvalue weighted by atomic mass is 10.3. The largest absolute Gasteiger partial charge is 0.330 e. The molecule has 1 fully saturated rings. The van der Waals surface area contributed by atoms with E-state index in [-0.39, 0.29) is 0 Å². The normalized spacial score (nSPS) is 25.5. The second kappa shape index (κ2) is 4.99. The molecule has 0 spiro atoms. The van der Waals surface area contributed by atoms with Crippen LogP contribution in [-0.2, 0) is 0 Å². The van der Waals surface area contributed by atoms with Gasteiger partial charge in [-0.1, -0.05) is 0 Å². The molecule has 1 saturated heterocycles. The molecule has 1 atom stereocenters. The van der Waals surface area contributed by atoms with Crippen molar-refractivity contribution in [1.29, 1.82) is 0 Å². The Balaban J connectivity index is 1.91. The quantitative estimate of drug-likeness (QED) is 0.586. The molecule has 0 aromatic heterocycles. The summed E-state index contributed by atoms with van der Waals surface area (Å²) in [4.78, 5) is 0. The third kappa shape index (κ3) is 2.90. The summed E-state index contributed by atoms with van der Waals surface area (Å²) in [6.07, 6.45) is 2.71. The van der Waals surface area contributed by atoms with Crippen LogP contribution in [0.5, 0.6) is 0 Å². The monoisotopic (exact) mass is 160 g/mol. The van der Waals surface area contributed by atoms with E-state index in [0.717, 1.165) is 18.3 Å². The lowest BCUT2D eigenvalue weighted by Crippen LogP contribution is -2.24. The lowest BCUT2D eigenvalue weighted by molar-refractivity contribution is 0.674. The molecule has 3 heteroatoms. The van der Waals surface area contributed by atoms with E-state index in [2.05, 4.69) is 5.32 Å². The Morgan fingerprint density at radius 1 is 1.60 bits per heavy atom. The average Bonchev–Trinajstić information content (AvgIpc) is 2.41. The van der Waals surface area contributed by atoms with Crippen LogP contribution in [0.1, 0.15) is 12.8 Å². The average molecular weight is 160 g/mol. The number of rotatable bonds is 4. The van der Waals surface area contributed by atoms with Crippen LogP contribution < -0.4 is 11.1 Å². The molecule has 1 heterocycles. The van der Waals surface area contributed by atoms with Crippen LogP contribution in [0, 0.1) is 0 Å². The van der Waals surface area contributed by atoms with Crippen molar-refractivity contribution in [2.75, 3.05) is 24.6 Å². The van der Waals surface area contributed by atoms with Crippen molar-refractivity contribution in [1.82, 2.24) is 5.32 Å². The predicted molar refractivity (Wildman–Crippen MR) is 47.4 cm³/mol. The number of nitrogens with two attached hydrogens (primary N) is 1. The van der Waals surface area contributed by atoms with E-state index in [1.807, 2.05) is 11.8 Å². The molecule has 0 saturated carbocycles. The topological polar surface area (TPSA) is 38.0 Å². The first-order chi connectivity index (χ1) is 4.93. The zero-order valence-corrected chi connectivity index (χ0v) is 7.12. The molecule has 0 bridgehead atoms. The number of nitrogens with one attached hydrogen (secondary N) is 1. The van der Waals surface area contributed by atoms with Crippen molar-refractivity contribution in [2.45, 2.75) is 18.9 Å². The minimum absolute atomic E-state index is 0.775. The molecule has 60 valence electrons. The number of hydrogen-bond donors (Lipinski definition) is 2. The van der Waals surface area contributed by atoms with E-state index in [1.54, 1.807) is 0 Å². The van der Waals surface area contributed by atoms with Gasteiger partial charge in [-0.05, 0) is 19.4 Å². The summed E-state index contributed by atoms with van der Waals surface area (Å²) < 4.78 is 0. The standard InChI is InChI=1S/C7H16N2S/c8-3-5-10-6-7-2-1-4-9-7/h7,9H,1-6,8H2. The Morgan fingerprint density at radius 2 is 2.50 bits per heavy atom. The van der Waals surface area contributed by atoms with Crippen LogP contribution >= 0.6 is 11.8 Å². The van der Waals surface area contributed by atoms with Crippen LogP contribution in [0.25, 0.3) is 0 Å². The Labute approximate surface area is 66.9 Å². The zero-order chi connectivity index (χ0) is 7.23. The molecule has 0 aromatic rings. The predicted octanol–water partition coefficient (Wildman–Crippen LogP) is 0.430. The SMILES string of the molecule is NCCSCC1CCCN1. The first-order valence-electron chi connectivity index (χ1n) is 3.94. The molecule has 2 nitrogen and oxygen atoms in total. The molecular formula is C7H16N2S. The molecule has 0 aliphatic carbocycles. The fourth-order valence-electron chi connectivity index (χ4n) is 1.21. The van der Waals surface area contributed by atoms with Gasteiger partial charge in [-0.3, -0.25) is 0 Å². The highest BCUT2D eigenvalue weighted by Gasteiger charge is 2.12. The van der Waals surface area contributed by atoms with Crippen LogP contribution in [0.2, 0.25) is 0 Å². The van der Waals surface area contributed by atoms with E-state index in [1.165, 1.54) is 25.1 Å². The maximum atomic E-state index is 5.37. The van der Waals surface area contributed by atoms with Crippen molar-refractivity contribution in [3.05, 3.63) is 0 Å². The molecule has 0 amide bonds. The Kier molecular flexibility index (Phi) is 4.18. The van der Waals surface area contributed by atoms with Crippen LogP contribution in [0.4, 0.5) is 0 Å². The summed E-state index contributed by atoms with van der Waals surface area (Å²) in [6, 6.07) is 0.775. The third-order valence-electron chi connectivity index (χ3n) is 1.74. The van der Waals surface area contributed by atoms with Crippen LogP contribution in [-0.4, -0.2) is 30.6 Å². The van der Waals surface area contributed by atoms with E-state index in [4.69, 9.17) is 5.73 Å². The van der Waals surface area contributed by atoms with Gasteiger partial charge in [0, 0.05) is 24.1 Å². The molecule has 0 radical (unpaired) electrons. The second-order valence-corrected chi connectivity index (χ2v) is 3.81. The lowest BCUT2D eigenvalue weighted by Gasteiger charge is -2.07. The summed E-state index contributed by atoms with van der Waals surface area (Å²) in [7, 11) is 0. The zero-order valence-electron chi connectivity index (χ0n) is 6.31. The second-order valence-electron chi connectivity index (χ2n) is 2.66. The Bertz CT molecular complexity index is 81.7. The van der Waals surface area contributed by atoms with Gasteiger partial charge in [0.25, 0.3) is 0 Å². The van der Waals surface area contributed by atoms with Gasteiger partial charge >= 0.3 is 0 Å². The Morgan fingerprint density at radius 3 is 3.10 bits per heavy atom. The molecule has 1 rings (SSSR count). The van der Waals surface area contributed by atoms with E-state index in [9.17, 15) is 0 Å². The van der Waals surface area contributed by atoms with Gasteiger partial charge in [0.2, 0.25) is 0 Å². The first kappa shape index (κ1) is 8.37.